The fourth-order valence-corrected chi connectivity index (χ4v) is 3.42. The van der Waals surface area contributed by atoms with E-state index in [-0.39, 0.29) is 5.75 Å². The quantitative estimate of drug-likeness (QED) is 0.771. The van der Waals surface area contributed by atoms with Crippen molar-refractivity contribution in [2.24, 2.45) is 0 Å². The maximum atomic E-state index is 12.0. The molecule has 1 rings (SSSR count). The van der Waals surface area contributed by atoms with Gasteiger partial charge in [-0.15, -0.1) is 0 Å². The van der Waals surface area contributed by atoms with Gasteiger partial charge in [-0.05, 0) is 37.3 Å². The van der Waals surface area contributed by atoms with Crippen LogP contribution < -0.4 is 9.92 Å². The summed E-state index contributed by atoms with van der Waals surface area (Å²) in [5, 5.41) is 1.03. The molecule has 0 aromatic heterocycles. The normalized spacial score (nSPS) is 12.6. The summed E-state index contributed by atoms with van der Waals surface area (Å²) in [6.45, 7) is 5.38. The summed E-state index contributed by atoms with van der Waals surface area (Å²) in [5.41, 5.74) is 0. The van der Waals surface area contributed by atoms with Crippen LogP contribution in [0.25, 0.3) is 0 Å². The first-order chi connectivity index (χ1) is 8.24. The predicted molar refractivity (Wildman–Crippen MR) is 66.7 cm³/mol. The Balaban J connectivity index is 2.68. The maximum Gasteiger partial charge on any atom is 0.422 e. The summed E-state index contributed by atoms with van der Waals surface area (Å²) in [6, 6.07) is 6.64. The third kappa shape index (κ3) is 4.70. The average molecular weight is 278 g/mol. The van der Waals surface area contributed by atoms with Crippen LogP contribution in [0, 0.1) is 0 Å². The highest BCUT2D eigenvalue weighted by Gasteiger charge is 2.28. The topological polar surface area (TPSA) is 18.5 Å². The molecule has 102 valence electrons. The van der Waals surface area contributed by atoms with Gasteiger partial charge in [0.25, 0.3) is 0 Å². The van der Waals surface area contributed by atoms with Crippen LogP contribution in [-0.4, -0.2) is 27.7 Å². The van der Waals surface area contributed by atoms with Crippen LogP contribution in [0.2, 0.25) is 13.1 Å². The molecule has 0 radical (unpaired) electrons. The Labute approximate surface area is 106 Å². The fourth-order valence-electron chi connectivity index (χ4n) is 1.56. The van der Waals surface area contributed by atoms with Gasteiger partial charge in [-0.25, -0.2) is 0 Å². The maximum absolute atomic E-state index is 12.0. The number of hydrogen-bond acceptors (Lipinski definition) is 2. The van der Waals surface area contributed by atoms with Gasteiger partial charge >= 0.3 is 6.18 Å². The number of halogens is 3. The number of alkyl halides is 3. The van der Waals surface area contributed by atoms with Gasteiger partial charge in [0.1, 0.15) is 5.75 Å². The molecule has 0 aliphatic carbocycles. The van der Waals surface area contributed by atoms with Crippen LogP contribution in [0.15, 0.2) is 24.3 Å². The van der Waals surface area contributed by atoms with Gasteiger partial charge < -0.3 is 9.16 Å². The van der Waals surface area contributed by atoms with Gasteiger partial charge in [0.05, 0.1) is 0 Å². The molecule has 0 aliphatic rings. The van der Waals surface area contributed by atoms with E-state index >= 15 is 0 Å². The lowest BCUT2D eigenvalue weighted by Gasteiger charge is -2.22. The molecule has 2 nitrogen and oxygen atoms in total. The molecular formula is C12H17F3O2Si. The summed E-state index contributed by atoms with van der Waals surface area (Å²) in [6.07, 6.45) is -4.31. The number of hydrogen-bond donors (Lipinski definition) is 0. The van der Waals surface area contributed by atoms with Crippen molar-refractivity contribution in [3.8, 4) is 5.75 Å². The molecule has 6 heteroatoms. The van der Waals surface area contributed by atoms with Crippen LogP contribution in [0.3, 0.4) is 0 Å². The van der Waals surface area contributed by atoms with E-state index in [1.807, 2.05) is 20.0 Å². The first kappa shape index (κ1) is 15.0. The van der Waals surface area contributed by atoms with Gasteiger partial charge in [0.15, 0.2) is 6.61 Å². The van der Waals surface area contributed by atoms with Crippen molar-refractivity contribution in [3.63, 3.8) is 0 Å². The van der Waals surface area contributed by atoms with Crippen LogP contribution in [0.5, 0.6) is 5.75 Å². The zero-order valence-electron chi connectivity index (χ0n) is 10.7. The van der Waals surface area contributed by atoms with E-state index in [0.29, 0.717) is 6.61 Å². The lowest BCUT2D eigenvalue weighted by Crippen LogP contribution is -2.44. The molecule has 1 aromatic carbocycles. The lowest BCUT2D eigenvalue weighted by atomic mass is 10.3. The SMILES string of the molecule is CCO[Si](C)(C)c1ccc(OCC(F)(F)F)cc1. The standard InChI is InChI=1S/C12H17F3O2Si/c1-4-17-18(2,3)11-7-5-10(6-8-11)16-9-12(13,14)15/h5-8H,4,9H2,1-3H3. The van der Waals surface area contributed by atoms with Gasteiger partial charge in [-0.3, -0.25) is 0 Å². The highest BCUT2D eigenvalue weighted by Crippen LogP contribution is 2.18. The first-order valence-electron chi connectivity index (χ1n) is 5.68. The van der Waals surface area contributed by atoms with Crippen molar-refractivity contribution in [1.82, 2.24) is 0 Å². The van der Waals surface area contributed by atoms with E-state index in [1.165, 1.54) is 0 Å². The second-order valence-electron chi connectivity index (χ2n) is 4.37. The largest absolute Gasteiger partial charge is 0.484 e. The third-order valence-electron chi connectivity index (χ3n) is 2.46. The molecule has 18 heavy (non-hydrogen) atoms. The van der Waals surface area contributed by atoms with Gasteiger partial charge in [-0.1, -0.05) is 12.1 Å². The Morgan fingerprint density at radius 1 is 1.11 bits per heavy atom. The molecule has 0 unspecified atom stereocenters. The molecule has 0 atom stereocenters. The van der Waals surface area contributed by atoms with Crippen molar-refractivity contribution >= 4 is 13.5 Å². The molecule has 0 heterocycles. The summed E-state index contributed by atoms with van der Waals surface area (Å²) >= 11 is 0. The summed E-state index contributed by atoms with van der Waals surface area (Å²) in [7, 11) is -1.94. The van der Waals surface area contributed by atoms with Gasteiger partial charge in [-0.2, -0.15) is 13.2 Å². The Morgan fingerprint density at radius 3 is 2.11 bits per heavy atom. The zero-order chi connectivity index (χ0) is 13.8. The van der Waals surface area contributed by atoms with Crippen LogP contribution in [0.4, 0.5) is 13.2 Å². The summed E-state index contributed by atoms with van der Waals surface area (Å²) < 4.78 is 46.3. The highest BCUT2D eigenvalue weighted by molar-refractivity contribution is 6.84. The van der Waals surface area contributed by atoms with Crippen molar-refractivity contribution in [3.05, 3.63) is 24.3 Å². The lowest BCUT2D eigenvalue weighted by molar-refractivity contribution is -0.153. The highest BCUT2D eigenvalue weighted by atomic mass is 28.4. The summed E-state index contributed by atoms with van der Waals surface area (Å²) in [4.78, 5) is 0. The monoisotopic (exact) mass is 278 g/mol. The molecule has 0 saturated carbocycles. The molecule has 0 bridgehead atoms. The van der Waals surface area contributed by atoms with Crippen molar-refractivity contribution in [2.75, 3.05) is 13.2 Å². The smallest absolute Gasteiger partial charge is 0.422 e. The molecule has 0 fully saturated rings. The fraction of sp³-hybridized carbons (Fsp3) is 0.500. The van der Waals surface area contributed by atoms with Crippen molar-refractivity contribution in [2.45, 2.75) is 26.2 Å². The molecule has 0 saturated heterocycles. The molecular weight excluding hydrogens is 261 g/mol. The Hall–Kier alpha value is -1.01. The number of ether oxygens (including phenoxy) is 1. The van der Waals surface area contributed by atoms with Crippen molar-refractivity contribution in [1.29, 1.82) is 0 Å². The Kier molecular flexibility index (Phi) is 4.81. The minimum Gasteiger partial charge on any atom is -0.484 e. The van der Waals surface area contributed by atoms with Crippen LogP contribution in [-0.2, 0) is 4.43 Å². The third-order valence-corrected chi connectivity index (χ3v) is 5.19. The second-order valence-corrected chi connectivity index (χ2v) is 8.26. The molecule has 0 aliphatic heterocycles. The summed E-state index contributed by atoms with van der Waals surface area (Å²) in [5.74, 6) is 0.220. The molecule has 0 amide bonds. The van der Waals surface area contributed by atoms with E-state index in [4.69, 9.17) is 4.43 Å². The van der Waals surface area contributed by atoms with E-state index in [0.717, 1.165) is 5.19 Å². The van der Waals surface area contributed by atoms with Gasteiger partial charge in [0.2, 0.25) is 8.32 Å². The Bertz CT molecular complexity index is 374. The number of benzene rings is 1. The van der Waals surface area contributed by atoms with Crippen LogP contribution >= 0.6 is 0 Å². The number of rotatable bonds is 5. The zero-order valence-corrected chi connectivity index (χ0v) is 11.7. The Morgan fingerprint density at radius 2 is 1.67 bits per heavy atom. The average Bonchev–Trinajstić information content (AvgIpc) is 2.26. The van der Waals surface area contributed by atoms with E-state index < -0.39 is 21.1 Å². The van der Waals surface area contributed by atoms with Crippen molar-refractivity contribution < 1.29 is 22.3 Å². The minimum absolute atomic E-state index is 0.220. The minimum atomic E-state index is -4.31. The van der Waals surface area contributed by atoms with Gasteiger partial charge in [0, 0.05) is 6.61 Å². The first-order valence-corrected chi connectivity index (χ1v) is 8.59. The van der Waals surface area contributed by atoms with E-state index in [9.17, 15) is 13.2 Å². The van der Waals surface area contributed by atoms with E-state index in [2.05, 4.69) is 4.74 Å². The molecule has 0 spiro atoms. The molecule has 1 aromatic rings. The second kappa shape index (κ2) is 5.75. The van der Waals surface area contributed by atoms with Crippen LogP contribution in [0.1, 0.15) is 6.92 Å². The molecule has 0 N–H and O–H groups in total. The predicted octanol–water partition coefficient (Wildman–Crippen LogP) is 3.08. The van der Waals surface area contributed by atoms with E-state index in [1.54, 1.807) is 24.3 Å².